The van der Waals surface area contributed by atoms with Crippen molar-refractivity contribution in [1.29, 1.82) is 0 Å². The predicted octanol–water partition coefficient (Wildman–Crippen LogP) is 4.63. The molecule has 8 heteroatoms. The normalized spacial score (nSPS) is 12.9. The molecule has 160 valence electrons. The Hall–Kier alpha value is -4.07. The maximum absolute atomic E-state index is 15.9. The number of fused-ring (bicyclic) bond motifs is 2. The topological polar surface area (TPSA) is 62.5 Å². The number of halogens is 3. The highest BCUT2D eigenvalue weighted by atomic mass is 19.1. The van der Waals surface area contributed by atoms with Crippen LogP contribution in [0.25, 0.3) is 16.6 Å². The maximum atomic E-state index is 15.9. The summed E-state index contributed by atoms with van der Waals surface area (Å²) in [6, 6.07) is 13.2. The van der Waals surface area contributed by atoms with Crippen LogP contribution in [0, 0.1) is 17.5 Å². The van der Waals surface area contributed by atoms with Gasteiger partial charge in [-0.05, 0) is 41.5 Å². The van der Waals surface area contributed by atoms with Crippen LogP contribution < -0.4 is 10.3 Å². The van der Waals surface area contributed by atoms with E-state index in [1.54, 1.807) is 0 Å². The van der Waals surface area contributed by atoms with Gasteiger partial charge >= 0.3 is 5.97 Å². The van der Waals surface area contributed by atoms with E-state index < -0.39 is 39.8 Å². The molecule has 0 bridgehead atoms. The molecule has 0 spiro atoms. The second-order valence-electron chi connectivity index (χ2n) is 7.57. The van der Waals surface area contributed by atoms with Crippen LogP contribution in [0.5, 0.6) is 0 Å². The van der Waals surface area contributed by atoms with Gasteiger partial charge in [-0.25, -0.2) is 18.0 Å². The summed E-state index contributed by atoms with van der Waals surface area (Å²) >= 11 is 0. The second-order valence-corrected chi connectivity index (χ2v) is 7.57. The summed E-state index contributed by atoms with van der Waals surface area (Å²) in [5.74, 6) is -4.04. The van der Waals surface area contributed by atoms with Crippen molar-refractivity contribution in [2.24, 2.45) is 0 Å². The number of benzene rings is 3. The van der Waals surface area contributed by atoms with Gasteiger partial charge in [-0.15, -0.1) is 0 Å². The number of hydrogen-bond acceptors (Lipinski definition) is 3. The smallest absolute Gasteiger partial charge is 0.341 e. The van der Waals surface area contributed by atoms with Crippen LogP contribution in [0.4, 0.5) is 18.9 Å². The number of rotatable bonds is 3. The molecule has 1 aromatic heterocycles. The van der Waals surface area contributed by atoms with E-state index >= 15 is 8.78 Å². The fourth-order valence-corrected chi connectivity index (χ4v) is 4.14. The second kappa shape index (κ2) is 7.26. The highest BCUT2D eigenvalue weighted by molar-refractivity contribution is 5.94. The van der Waals surface area contributed by atoms with E-state index in [2.05, 4.69) is 0 Å². The van der Waals surface area contributed by atoms with E-state index in [1.807, 2.05) is 24.3 Å². The Morgan fingerprint density at radius 3 is 2.16 bits per heavy atom. The fourth-order valence-electron chi connectivity index (χ4n) is 4.14. The molecule has 5 rings (SSSR count). The SMILES string of the molecule is O=C(O)c1cn(-c2ccc(F)cc2)c2c(F)c(N3Cc4ccccc4C3)c(F)cc2c1=O. The minimum Gasteiger partial charge on any atom is -0.477 e. The number of carboxylic acid groups (broad SMARTS) is 1. The van der Waals surface area contributed by atoms with Gasteiger partial charge in [-0.1, -0.05) is 24.3 Å². The zero-order valence-corrected chi connectivity index (χ0v) is 16.5. The first-order valence-corrected chi connectivity index (χ1v) is 9.73. The molecule has 2 heterocycles. The lowest BCUT2D eigenvalue weighted by atomic mass is 10.1. The van der Waals surface area contributed by atoms with E-state index in [-0.39, 0.29) is 30.0 Å². The van der Waals surface area contributed by atoms with Crippen molar-refractivity contribution in [3.05, 3.63) is 105 Å². The molecule has 0 atom stereocenters. The molecule has 0 aliphatic carbocycles. The molecule has 0 fully saturated rings. The quantitative estimate of drug-likeness (QED) is 0.509. The molecule has 0 radical (unpaired) electrons. The summed E-state index contributed by atoms with van der Waals surface area (Å²) in [4.78, 5) is 25.9. The molecule has 0 amide bonds. The summed E-state index contributed by atoms with van der Waals surface area (Å²) in [5.41, 5.74) is -0.153. The zero-order valence-electron chi connectivity index (χ0n) is 16.5. The summed E-state index contributed by atoms with van der Waals surface area (Å²) < 4.78 is 45.6. The van der Waals surface area contributed by atoms with Crippen LogP contribution in [0.1, 0.15) is 21.5 Å². The van der Waals surface area contributed by atoms with Gasteiger partial charge in [0.05, 0.1) is 10.9 Å². The molecule has 0 unspecified atom stereocenters. The number of hydrogen-bond donors (Lipinski definition) is 1. The van der Waals surface area contributed by atoms with Crippen molar-refractivity contribution >= 4 is 22.6 Å². The van der Waals surface area contributed by atoms with Crippen LogP contribution in [-0.2, 0) is 13.1 Å². The summed E-state index contributed by atoms with van der Waals surface area (Å²) in [7, 11) is 0. The molecule has 32 heavy (non-hydrogen) atoms. The minimum absolute atomic E-state index is 0.222. The molecule has 4 aromatic rings. The molecule has 0 saturated carbocycles. The summed E-state index contributed by atoms with van der Waals surface area (Å²) in [5, 5.41) is 9.03. The van der Waals surface area contributed by atoms with Gasteiger partial charge in [0.2, 0.25) is 5.43 Å². The average molecular weight is 436 g/mol. The van der Waals surface area contributed by atoms with E-state index in [0.717, 1.165) is 40.1 Å². The molecule has 0 saturated heterocycles. The third-order valence-corrected chi connectivity index (χ3v) is 5.65. The average Bonchev–Trinajstić information content (AvgIpc) is 3.18. The van der Waals surface area contributed by atoms with Crippen LogP contribution in [-0.4, -0.2) is 15.6 Å². The highest BCUT2D eigenvalue weighted by Crippen LogP contribution is 2.36. The van der Waals surface area contributed by atoms with Crippen molar-refractivity contribution in [3.63, 3.8) is 0 Å². The van der Waals surface area contributed by atoms with Crippen LogP contribution >= 0.6 is 0 Å². The Labute approximate surface area is 179 Å². The van der Waals surface area contributed by atoms with Crippen molar-refractivity contribution < 1.29 is 23.1 Å². The number of anilines is 1. The summed E-state index contributed by atoms with van der Waals surface area (Å²) in [6.45, 7) is 0.563. The number of aromatic nitrogens is 1. The molecular weight excluding hydrogens is 421 g/mol. The van der Waals surface area contributed by atoms with Crippen molar-refractivity contribution in [2.75, 3.05) is 4.90 Å². The molecule has 1 aliphatic rings. The molecule has 1 aliphatic heterocycles. The fraction of sp³-hybridized carbons (Fsp3) is 0.0833. The first-order chi connectivity index (χ1) is 15.3. The lowest BCUT2D eigenvalue weighted by Crippen LogP contribution is -2.22. The van der Waals surface area contributed by atoms with Gasteiger partial charge < -0.3 is 14.6 Å². The zero-order chi connectivity index (χ0) is 22.6. The van der Waals surface area contributed by atoms with Gasteiger partial charge in [0.25, 0.3) is 0 Å². The van der Waals surface area contributed by atoms with Crippen LogP contribution in [0.3, 0.4) is 0 Å². The standard InChI is InChI=1S/C24H15F3N2O3/c25-15-5-7-16(8-6-15)29-12-18(24(31)32)23(30)17-9-19(26)22(20(27)21(17)29)28-10-13-3-1-2-4-14(13)11-28/h1-9,12H,10-11H2,(H,31,32). The van der Waals surface area contributed by atoms with E-state index in [4.69, 9.17) is 0 Å². The van der Waals surface area contributed by atoms with Crippen molar-refractivity contribution in [1.82, 2.24) is 4.57 Å². The number of aromatic carboxylic acids is 1. The summed E-state index contributed by atoms with van der Waals surface area (Å²) in [6.07, 6.45) is 0.976. The Morgan fingerprint density at radius 1 is 0.938 bits per heavy atom. The third-order valence-electron chi connectivity index (χ3n) is 5.65. The first kappa shape index (κ1) is 19.9. The van der Waals surface area contributed by atoms with Crippen molar-refractivity contribution in [3.8, 4) is 5.69 Å². The van der Waals surface area contributed by atoms with Crippen molar-refractivity contribution in [2.45, 2.75) is 13.1 Å². The number of nitrogens with zero attached hydrogens (tertiary/aromatic N) is 2. The first-order valence-electron chi connectivity index (χ1n) is 9.73. The number of carboxylic acids is 1. The minimum atomic E-state index is -1.53. The molecular formula is C24H15F3N2O3. The molecule has 3 aromatic carbocycles. The maximum Gasteiger partial charge on any atom is 0.341 e. The lowest BCUT2D eigenvalue weighted by Gasteiger charge is -2.22. The van der Waals surface area contributed by atoms with Gasteiger partial charge in [-0.2, -0.15) is 0 Å². The third kappa shape index (κ3) is 3.03. The van der Waals surface area contributed by atoms with Gasteiger partial charge in [-0.3, -0.25) is 4.79 Å². The lowest BCUT2D eigenvalue weighted by molar-refractivity contribution is 0.0695. The monoisotopic (exact) mass is 436 g/mol. The predicted molar refractivity (Wildman–Crippen MR) is 113 cm³/mol. The Balaban J connectivity index is 1.80. The number of carbonyl (C=O) groups is 1. The van der Waals surface area contributed by atoms with Crippen LogP contribution in [0.2, 0.25) is 0 Å². The highest BCUT2D eigenvalue weighted by Gasteiger charge is 2.28. The van der Waals surface area contributed by atoms with Gasteiger partial charge in [0, 0.05) is 25.0 Å². The Kier molecular flexibility index (Phi) is 4.51. The van der Waals surface area contributed by atoms with Gasteiger partial charge in [0.1, 0.15) is 22.9 Å². The molecule has 5 nitrogen and oxygen atoms in total. The van der Waals surface area contributed by atoms with E-state index in [1.165, 1.54) is 17.0 Å². The van der Waals surface area contributed by atoms with E-state index in [0.29, 0.717) is 0 Å². The van der Waals surface area contributed by atoms with Crippen LogP contribution in [0.15, 0.2) is 65.6 Å². The Bertz CT molecular complexity index is 1440. The molecule has 1 N–H and O–H groups in total. The Morgan fingerprint density at radius 2 is 1.56 bits per heavy atom. The van der Waals surface area contributed by atoms with E-state index in [9.17, 15) is 19.1 Å². The largest absolute Gasteiger partial charge is 0.477 e. The number of pyridine rings is 1. The van der Waals surface area contributed by atoms with Gasteiger partial charge in [0.15, 0.2) is 5.82 Å².